The SMILES string of the molecule is CN(Cc1ccccc1)C(=O)c1ccc(Nc2ccccc2Br)cn1. The zero-order chi connectivity index (χ0) is 17.6. The first-order valence-electron chi connectivity index (χ1n) is 7.90. The van der Waals surface area contributed by atoms with Crippen LogP contribution in [0.2, 0.25) is 0 Å². The van der Waals surface area contributed by atoms with Gasteiger partial charge < -0.3 is 10.2 Å². The summed E-state index contributed by atoms with van der Waals surface area (Å²) in [5, 5.41) is 3.27. The standard InChI is InChI=1S/C20H18BrN3O/c1-24(14-15-7-3-2-4-8-15)20(25)19-12-11-16(13-22-19)23-18-10-6-5-9-17(18)21/h2-13,23H,14H2,1H3. The van der Waals surface area contributed by atoms with Crippen molar-refractivity contribution in [3.05, 3.63) is 88.7 Å². The molecule has 3 rings (SSSR count). The molecule has 1 N–H and O–H groups in total. The van der Waals surface area contributed by atoms with Crippen LogP contribution in [0.25, 0.3) is 0 Å². The molecule has 0 spiro atoms. The number of benzene rings is 2. The van der Waals surface area contributed by atoms with Crippen LogP contribution in [-0.4, -0.2) is 22.8 Å². The highest BCUT2D eigenvalue weighted by molar-refractivity contribution is 9.10. The Kier molecular flexibility index (Phi) is 5.46. The largest absolute Gasteiger partial charge is 0.353 e. The van der Waals surface area contributed by atoms with Gasteiger partial charge in [0.15, 0.2) is 0 Å². The van der Waals surface area contributed by atoms with E-state index in [-0.39, 0.29) is 5.91 Å². The minimum atomic E-state index is -0.101. The second-order valence-electron chi connectivity index (χ2n) is 5.68. The average Bonchev–Trinajstić information content (AvgIpc) is 2.64. The minimum Gasteiger partial charge on any atom is -0.353 e. The van der Waals surface area contributed by atoms with Gasteiger partial charge in [0.25, 0.3) is 5.91 Å². The molecule has 1 amide bonds. The second-order valence-corrected chi connectivity index (χ2v) is 6.54. The van der Waals surface area contributed by atoms with Crippen LogP contribution in [0, 0.1) is 0 Å². The first kappa shape index (κ1) is 17.2. The van der Waals surface area contributed by atoms with E-state index < -0.39 is 0 Å². The minimum absolute atomic E-state index is 0.101. The summed E-state index contributed by atoms with van der Waals surface area (Å²) in [5.41, 5.74) is 3.29. The summed E-state index contributed by atoms with van der Waals surface area (Å²) in [4.78, 5) is 18.5. The van der Waals surface area contributed by atoms with Gasteiger partial charge in [-0.3, -0.25) is 4.79 Å². The highest BCUT2D eigenvalue weighted by Gasteiger charge is 2.13. The van der Waals surface area contributed by atoms with E-state index in [1.807, 2.05) is 60.7 Å². The van der Waals surface area contributed by atoms with Crippen molar-refractivity contribution in [1.82, 2.24) is 9.88 Å². The average molecular weight is 396 g/mol. The maximum Gasteiger partial charge on any atom is 0.272 e. The number of nitrogens with one attached hydrogen (secondary N) is 1. The Bertz CT molecular complexity index is 850. The van der Waals surface area contributed by atoms with Crippen molar-refractivity contribution < 1.29 is 4.79 Å². The first-order valence-corrected chi connectivity index (χ1v) is 8.70. The molecule has 0 unspecified atom stereocenters. The lowest BCUT2D eigenvalue weighted by Gasteiger charge is -2.17. The van der Waals surface area contributed by atoms with E-state index in [0.717, 1.165) is 21.4 Å². The van der Waals surface area contributed by atoms with Crippen molar-refractivity contribution >= 4 is 33.2 Å². The predicted molar refractivity (Wildman–Crippen MR) is 104 cm³/mol. The molecule has 0 atom stereocenters. The Morgan fingerprint density at radius 3 is 2.44 bits per heavy atom. The molecule has 3 aromatic rings. The van der Waals surface area contributed by atoms with Gasteiger partial charge in [0.05, 0.1) is 17.6 Å². The van der Waals surface area contributed by atoms with Crippen LogP contribution in [0.15, 0.2) is 77.4 Å². The number of para-hydroxylation sites is 1. The van der Waals surface area contributed by atoms with E-state index in [2.05, 4.69) is 26.2 Å². The molecule has 0 aliphatic rings. The fourth-order valence-corrected chi connectivity index (χ4v) is 2.82. The number of carbonyl (C=O) groups excluding carboxylic acids is 1. The van der Waals surface area contributed by atoms with Gasteiger partial charge in [-0.2, -0.15) is 0 Å². The summed E-state index contributed by atoms with van der Waals surface area (Å²) < 4.78 is 0.970. The third-order valence-electron chi connectivity index (χ3n) is 3.74. The molecule has 0 saturated heterocycles. The van der Waals surface area contributed by atoms with Crippen LogP contribution < -0.4 is 5.32 Å². The van der Waals surface area contributed by atoms with Gasteiger partial charge in [0, 0.05) is 18.1 Å². The molecule has 25 heavy (non-hydrogen) atoms. The summed E-state index contributed by atoms with van der Waals surface area (Å²) >= 11 is 3.50. The number of halogens is 1. The molecule has 1 aromatic heterocycles. The summed E-state index contributed by atoms with van der Waals surface area (Å²) in [7, 11) is 1.78. The highest BCUT2D eigenvalue weighted by Crippen LogP contribution is 2.25. The molecular weight excluding hydrogens is 378 g/mol. The van der Waals surface area contributed by atoms with Gasteiger partial charge >= 0.3 is 0 Å². The smallest absolute Gasteiger partial charge is 0.272 e. The van der Waals surface area contributed by atoms with Crippen LogP contribution in [-0.2, 0) is 6.54 Å². The fourth-order valence-electron chi connectivity index (χ4n) is 2.44. The molecule has 5 heteroatoms. The van der Waals surface area contributed by atoms with E-state index >= 15 is 0 Å². The molecular formula is C20H18BrN3O. The monoisotopic (exact) mass is 395 g/mol. The van der Waals surface area contributed by atoms with E-state index in [4.69, 9.17) is 0 Å². The quantitative estimate of drug-likeness (QED) is 0.670. The van der Waals surface area contributed by atoms with E-state index in [1.165, 1.54) is 0 Å². The molecule has 0 bridgehead atoms. The summed E-state index contributed by atoms with van der Waals surface area (Å²) in [5.74, 6) is -0.101. The van der Waals surface area contributed by atoms with Gasteiger partial charge in [-0.1, -0.05) is 42.5 Å². The number of rotatable bonds is 5. The molecule has 0 fully saturated rings. The maximum absolute atomic E-state index is 12.5. The first-order chi connectivity index (χ1) is 12.1. The number of aromatic nitrogens is 1. The van der Waals surface area contributed by atoms with Crippen molar-refractivity contribution in [3.8, 4) is 0 Å². The number of pyridine rings is 1. The lowest BCUT2D eigenvalue weighted by atomic mass is 10.2. The molecule has 0 radical (unpaired) electrons. The van der Waals surface area contributed by atoms with Gasteiger partial charge in [-0.15, -0.1) is 0 Å². The van der Waals surface area contributed by atoms with Crippen LogP contribution in [0.1, 0.15) is 16.1 Å². The normalized spacial score (nSPS) is 10.3. The fraction of sp³-hybridized carbons (Fsp3) is 0.100. The molecule has 0 saturated carbocycles. The van der Waals surface area contributed by atoms with Crippen LogP contribution in [0.4, 0.5) is 11.4 Å². The van der Waals surface area contributed by atoms with Crippen molar-refractivity contribution in [3.63, 3.8) is 0 Å². The Morgan fingerprint density at radius 1 is 1.04 bits per heavy atom. The molecule has 4 nitrogen and oxygen atoms in total. The predicted octanol–water partition coefficient (Wildman–Crippen LogP) is 4.86. The molecule has 126 valence electrons. The number of nitrogens with zero attached hydrogens (tertiary/aromatic N) is 2. The summed E-state index contributed by atoms with van der Waals surface area (Å²) in [6.07, 6.45) is 1.67. The third-order valence-corrected chi connectivity index (χ3v) is 4.44. The Morgan fingerprint density at radius 2 is 1.76 bits per heavy atom. The highest BCUT2D eigenvalue weighted by atomic mass is 79.9. The van der Waals surface area contributed by atoms with E-state index in [0.29, 0.717) is 12.2 Å². The molecule has 2 aromatic carbocycles. The lowest BCUT2D eigenvalue weighted by Crippen LogP contribution is -2.26. The zero-order valence-corrected chi connectivity index (χ0v) is 15.4. The Labute approximate surface area is 155 Å². The van der Waals surface area contributed by atoms with Crippen LogP contribution >= 0.6 is 15.9 Å². The molecule has 1 heterocycles. The summed E-state index contributed by atoms with van der Waals surface area (Å²) in [6, 6.07) is 21.3. The lowest BCUT2D eigenvalue weighted by molar-refractivity contribution is 0.0779. The van der Waals surface area contributed by atoms with Gasteiger partial charge in [0.2, 0.25) is 0 Å². The van der Waals surface area contributed by atoms with Crippen LogP contribution in [0.3, 0.4) is 0 Å². The Balaban J connectivity index is 1.67. The van der Waals surface area contributed by atoms with Crippen molar-refractivity contribution in [2.75, 3.05) is 12.4 Å². The van der Waals surface area contributed by atoms with Crippen LogP contribution in [0.5, 0.6) is 0 Å². The van der Waals surface area contributed by atoms with Crippen molar-refractivity contribution in [2.24, 2.45) is 0 Å². The van der Waals surface area contributed by atoms with Crippen molar-refractivity contribution in [2.45, 2.75) is 6.54 Å². The molecule has 0 aliphatic heterocycles. The third kappa shape index (κ3) is 4.45. The number of hydrogen-bond donors (Lipinski definition) is 1. The Hall–Kier alpha value is -2.66. The number of carbonyl (C=O) groups is 1. The van der Waals surface area contributed by atoms with E-state index in [9.17, 15) is 4.79 Å². The number of anilines is 2. The van der Waals surface area contributed by atoms with E-state index in [1.54, 1.807) is 24.2 Å². The molecule has 0 aliphatic carbocycles. The number of hydrogen-bond acceptors (Lipinski definition) is 3. The van der Waals surface area contributed by atoms with Gasteiger partial charge in [0.1, 0.15) is 5.69 Å². The maximum atomic E-state index is 12.5. The zero-order valence-electron chi connectivity index (χ0n) is 13.8. The van der Waals surface area contributed by atoms with Crippen molar-refractivity contribution in [1.29, 1.82) is 0 Å². The number of amides is 1. The topological polar surface area (TPSA) is 45.2 Å². The van der Waals surface area contributed by atoms with Gasteiger partial charge in [-0.05, 0) is 45.8 Å². The van der Waals surface area contributed by atoms with Gasteiger partial charge in [-0.25, -0.2) is 4.98 Å². The second kappa shape index (κ2) is 7.94. The summed E-state index contributed by atoms with van der Waals surface area (Å²) in [6.45, 7) is 0.554.